The molecule has 0 spiro atoms. The largest absolute Gasteiger partial charge is 0.468 e. The SMILES string of the molecule is CCCNC(CSCc1ccco1)C(C)(C)OC. The van der Waals surface area contributed by atoms with Crippen LogP contribution in [0.1, 0.15) is 33.0 Å². The minimum Gasteiger partial charge on any atom is -0.468 e. The van der Waals surface area contributed by atoms with Crippen molar-refractivity contribution < 1.29 is 9.15 Å². The van der Waals surface area contributed by atoms with E-state index in [2.05, 4.69) is 26.1 Å². The fraction of sp³-hybridized carbons (Fsp3) is 0.714. The van der Waals surface area contributed by atoms with E-state index < -0.39 is 0 Å². The van der Waals surface area contributed by atoms with Crippen LogP contribution < -0.4 is 5.32 Å². The lowest BCUT2D eigenvalue weighted by atomic mass is 10.0. The zero-order valence-corrected chi connectivity index (χ0v) is 12.7. The summed E-state index contributed by atoms with van der Waals surface area (Å²) < 4.78 is 10.9. The van der Waals surface area contributed by atoms with E-state index in [1.165, 1.54) is 0 Å². The molecule has 0 aliphatic carbocycles. The van der Waals surface area contributed by atoms with Gasteiger partial charge < -0.3 is 14.5 Å². The predicted octanol–water partition coefficient (Wildman–Crippen LogP) is 3.31. The Kier molecular flexibility index (Phi) is 6.82. The molecule has 1 rings (SSSR count). The van der Waals surface area contributed by atoms with Crippen molar-refractivity contribution in [2.75, 3.05) is 19.4 Å². The highest BCUT2D eigenvalue weighted by atomic mass is 32.2. The number of hydrogen-bond donors (Lipinski definition) is 1. The number of ether oxygens (including phenoxy) is 1. The smallest absolute Gasteiger partial charge is 0.113 e. The third-order valence-corrected chi connectivity index (χ3v) is 4.17. The van der Waals surface area contributed by atoms with Crippen LogP contribution in [0.2, 0.25) is 0 Å². The zero-order chi connectivity index (χ0) is 13.4. The van der Waals surface area contributed by atoms with Gasteiger partial charge in [0.1, 0.15) is 5.76 Å². The van der Waals surface area contributed by atoms with Gasteiger partial charge in [-0.05, 0) is 38.9 Å². The number of nitrogens with one attached hydrogen (secondary N) is 1. The Balaban J connectivity index is 2.40. The van der Waals surface area contributed by atoms with E-state index in [9.17, 15) is 0 Å². The Morgan fingerprint density at radius 2 is 2.28 bits per heavy atom. The molecule has 1 aromatic heterocycles. The van der Waals surface area contributed by atoms with Crippen LogP contribution in [0.3, 0.4) is 0 Å². The van der Waals surface area contributed by atoms with Crippen molar-refractivity contribution in [3.05, 3.63) is 24.2 Å². The molecule has 0 saturated heterocycles. The van der Waals surface area contributed by atoms with Crippen molar-refractivity contribution in [1.29, 1.82) is 0 Å². The van der Waals surface area contributed by atoms with E-state index in [1.54, 1.807) is 13.4 Å². The van der Waals surface area contributed by atoms with Crippen LogP contribution in [-0.2, 0) is 10.5 Å². The molecular formula is C14H25NO2S. The summed E-state index contributed by atoms with van der Waals surface area (Å²) in [5.74, 6) is 2.96. The monoisotopic (exact) mass is 271 g/mol. The van der Waals surface area contributed by atoms with Crippen LogP contribution >= 0.6 is 11.8 Å². The number of thioether (sulfide) groups is 1. The van der Waals surface area contributed by atoms with Crippen LogP contribution in [-0.4, -0.2) is 31.1 Å². The Morgan fingerprint density at radius 3 is 2.83 bits per heavy atom. The summed E-state index contributed by atoms with van der Waals surface area (Å²) in [6.07, 6.45) is 2.86. The second-order valence-corrected chi connectivity index (χ2v) is 5.94. The van der Waals surface area contributed by atoms with Gasteiger partial charge in [-0.1, -0.05) is 6.92 Å². The molecule has 1 atom stereocenters. The van der Waals surface area contributed by atoms with Gasteiger partial charge in [0.25, 0.3) is 0 Å². The molecule has 0 amide bonds. The molecular weight excluding hydrogens is 246 g/mol. The van der Waals surface area contributed by atoms with E-state index in [0.717, 1.165) is 30.2 Å². The molecule has 1 unspecified atom stereocenters. The van der Waals surface area contributed by atoms with Crippen molar-refractivity contribution >= 4 is 11.8 Å². The van der Waals surface area contributed by atoms with Crippen molar-refractivity contribution in [1.82, 2.24) is 5.32 Å². The second-order valence-electron chi connectivity index (χ2n) is 4.91. The lowest BCUT2D eigenvalue weighted by Gasteiger charge is -2.33. The molecule has 1 N–H and O–H groups in total. The third-order valence-electron chi connectivity index (χ3n) is 3.11. The molecule has 0 radical (unpaired) electrons. The van der Waals surface area contributed by atoms with Gasteiger partial charge in [-0.2, -0.15) is 11.8 Å². The fourth-order valence-electron chi connectivity index (χ4n) is 1.64. The average Bonchev–Trinajstić information content (AvgIpc) is 2.86. The minimum atomic E-state index is -0.147. The maximum Gasteiger partial charge on any atom is 0.113 e. The van der Waals surface area contributed by atoms with Crippen molar-refractivity contribution in [3.63, 3.8) is 0 Å². The molecule has 1 aromatic rings. The van der Waals surface area contributed by atoms with Crippen LogP contribution in [0.5, 0.6) is 0 Å². The number of hydrogen-bond acceptors (Lipinski definition) is 4. The zero-order valence-electron chi connectivity index (χ0n) is 11.9. The van der Waals surface area contributed by atoms with E-state index in [-0.39, 0.29) is 5.60 Å². The Hall–Kier alpha value is -0.450. The van der Waals surface area contributed by atoms with Gasteiger partial charge in [-0.3, -0.25) is 0 Å². The minimum absolute atomic E-state index is 0.147. The van der Waals surface area contributed by atoms with Gasteiger partial charge in [-0.25, -0.2) is 0 Å². The third kappa shape index (κ3) is 5.04. The fourth-order valence-corrected chi connectivity index (χ4v) is 2.88. The van der Waals surface area contributed by atoms with E-state index in [0.29, 0.717) is 6.04 Å². The molecule has 1 heterocycles. The number of methoxy groups -OCH3 is 1. The molecule has 3 nitrogen and oxygen atoms in total. The maximum atomic E-state index is 5.59. The summed E-state index contributed by atoms with van der Waals surface area (Å²) in [6, 6.07) is 4.30. The number of furan rings is 1. The van der Waals surface area contributed by atoms with Gasteiger partial charge in [0.15, 0.2) is 0 Å². The van der Waals surface area contributed by atoms with Gasteiger partial charge in [0.2, 0.25) is 0 Å². The predicted molar refractivity (Wildman–Crippen MR) is 78.0 cm³/mol. The topological polar surface area (TPSA) is 34.4 Å². The van der Waals surface area contributed by atoms with Gasteiger partial charge in [0, 0.05) is 18.9 Å². The van der Waals surface area contributed by atoms with Gasteiger partial charge >= 0.3 is 0 Å². The summed E-state index contributed by atoms with van der Waals surface area (Å²) >= 11 is 1.88. The maximum absolute atomic E-state index is 5.59. The highest BCUT2D eigenvalue weighted by Gasteiger charge is 2.28. The van der Waals surface area contributed by atoms with Gasteiger partial charge in [-0.15, -0.1) is 0 Å². The first-order chi connectivity index (χ1) is 8.60. The first-order valence-electron chi connectivity index (χ1n) is 6.48. The molecule has 0 aromatic carbocycles. The summed E-state index contributed by atoms with van der Waals surface area (Å²) in [7, 11) is 1.78. The second kappa shape index (κ2) is 7.87. The highest BCUT2D eigenvalue weighted by molar-refractivity contribution is 7.98. The highest BCUT2D eigenvalue weighted by Crippen LogP contribution is 2.21. The number of rotatable bonds is 9. The van der Waals surface area contributed by atoms with E-state index >= 15 is 0 Å². The summed E-state index contributed by atoms with van der Waals surface area (Å²) in [6.45, 7) is 7.47. The summed E-state index contributed by atoms with van der Waals surface area (Å²) in [5.41, 5.74) is -0.147. The average molecular weight is 271 g/mol. The van der Waals surface area contributed by atoms with E-state index in [4.69, 9.17) is 9.15 Å². The standard InChI is InChI=1S/C14H25NO2S/c1-5-8-15-13(14(2,3)16-4)11-18-10-12-7-6-9-17-12/h6-7,9,13,15H,5,8,10-11H2,1-4H3. The lowest BCUT2D eigenvalue weighted by Crippen LogP contribution is -2.50. The normalized spacial score (nSPS) is 13.8. The first kappa shape index (κ1) is 15.6. The Bertz CT molecular complexity index is 312. The molecule has 0 saturated carbocycles. The Labute approximate surface area is 115 Å². The van der Waals surface area contributed by atoms with Crippen LogP contribution in [0, 0.1) is 0 Å². The molecule has 0 aliphatic rings. The molecule has 18 heavy (non-hydrogen) atoms. The lowest BCUT2D eigenvalue weighted by molar-refractivity contribution is -0.00346. The first-order valence-corrected chi connectivity index (χ1v) is 7.64. The summed E-state index contributed by atoms with van der Waals surface area (Å²) in [4.78, 5) is 0. The molecule has 104 valence electrons. The Morgan fingerprint density at radius 1 is 1.50 bits per heavy atom. The molecule has 0 bridgehead atoms. The van der Waals surface area contributed by atoms with Crippen LogP contribution in [0.4, 0.5) is 0 Å². The van der Waals surface area contributed by atoms with Crippen molar-refractivity contribution in [2.45, 2.75) is 44.6 Å². The van der Waals surface area contributed by atoms with Crippen LogP contribution in [0.15, 0.2) is 22.8 Å². The van der Waals surface area contributed by atoms with Gasteiger partial charge in [0.05, 0.1) is 17.6 Å². The molecule has 4 heteroatoms. The van der Waals surface area contributed by atoms with Crippen molar-refractivity contribution in [2.24, 2.45) is 0 Å². The van der Waals surface area contributed by atoms with Crippen LogP contribution in [0.25, 0.3) is 0 Å². The van der Waals surface area contributed by atoms with E-state index in [1.807, 2.05) is 23.9 Å². The quantitative estimate of drug-likeness (QED) is 0.747. The molecule has 0 aliphatic heterocycles. The van der Waals surface area contributed by atoms with Crippen molar-refractivity contribution in [3.8, 4) is 0 Å². The molecule has 0 fully saturated rings. The summed E-state index contributed by atoms with van der Waals surface area (Å²) in [5, 5.41) is 3.56.